The van der Waals surface area contributed by atoms with Crippen LogP contribution in [-0.4, -0.2) is 33.0 Å². The number of aromatic nitrogens is 3. The van der Waals surface area contributed by atoms with Crippen molar-refractivity contribution < 1.29 is 9.53 Å². The summed E-state index contributed by atoms with van der Waals surface area (Å²) in [5.41, 5.74) is 2.64. The molecule has 4 rings (SSSR count). The Hall–Kier alpha value is -2.67. The van der Waals surface area contributed by atoms with E-state index in [1.807, 2.05) is 34.3 Å². The Morgan fingerprint density at radius 2 is 2.22 bits per heavy atom. The number of likely N-dealkylation sites (N-methyl/N-ethyl adjacent to an activating group) is 1. The third-order valence-corrected chi connectivity index (χ3v) is 4.48. The van der Waals surface area contributed by atoms with Gasteiger partial charge in [-0.3, -0.25) is 9.36 Å². The predicted octanol–water partition coefficient (Wildman–Crippen LogP) is 2.74. The van der Waals surface area contributed by atoms with Crippen molar-refractivity contribution in [3.8, 4) is 22.8 Å². The summed E-state index contributed by atoms with van der Waals surface area (Å²) in [6.45, 7) is 1.76. The van der Waals surface area contributed by atoms with Gasteiger partial charge in [0.25, 0.3) is 5.91 Å². The molecule has 1 amide bonds. The zero-order chi connectivity index (χ0) is 16.0. The lowest BCUT2D eigenvalue weighted by molar-refractivity contribution is -0.125. The molecule has 1 aliphatic heterocycles. The van der Waals surface area contributed by atoms with Gasteiger partial charge in [0.1, 0.15) is 11.6 Å². The van der Waals surface area contributed by atoms with E-state index in [2.05, 4.69) is 9.36 Å². The van der Waals surface area contributed by atoms with Crippen LogP contribution in [0.1, 0.15) is 6.92 Å². The fourth-order valence-corrected chi connectivity index (χ4v) is 3.21. The highest BCUT2D eigenvalue weighted by Gasteiger charge is 2.29. The minimum absolute atomic E-state index is 0.0532. The molecule has 3 aromatic rings. The Bertz CT molecular complexity index is 872. The third kappa shape index (κ3) is 2.20. The zero-order valence-electron chi connectivity index (χ0n) is 12.6. The van der Waals surface area contributed by atoms with Crippen LogP contribution in [0.5, 0.6) is 5.75 Å². The molecule has 0 saturated heterocycles. The number of hydrogen-bond acceptors (Lipinski definition) is 5. The van der Waals surface area contributed by atoms with Crippen LogP contribution in [0, 0.1) is 0 Å². The van der Waals surface area contributed by atoms with E-state index in [0.717, 1.165) is 22.8 Å². The predicted molar refractivity (Wildman–Crippen MR) is 88.2 cm³/mol. The van der Waals surface area contributed by atoms with Crippen LogP contribution in [0.25, 0.3) is 17.1 Å². The van der Waals surface area contributed by atoms with Crippen molar-refractivity contribution in [3.63, 3.8) is 0 Å². The molecule has 1 aromatic carbocycles. The van der Waals surface area contributed by atoms with Gasteiger partial charge in [-0.15, -0.1) is 0 Å². The summed E-state index contributed by atoms with van der Waals surface area (Å²) in [4.78, 5) is 18.2. The number of anilines is 1. The molecule has 23 heavy (non-hydrogen) atoms. The molecule has 0 saturated carbocycles. The molecule has 0 fully saturated rings. The molecule has 6 nitrogen and oxygen atoms in total. The molecular formula is C16H14N4O2S. The smallest absolute Gasteiger partial charge is 0.267 e. The summed E-state index contributed by atoms with van der Waals surface area (Å²) in [7, 11) is 1.77. The van der Waals surface area contributed by atoms with Gasteiger partial charge in [0, 0.05) is 36.1 Å². The lowest BCUT2D eigenvalue weighted by atomic mass is 10.1. The van der Waals surface area contributed by atoms with E-state index < -0.39 is 6.10 Å². The van der Waals surface area contributed by atoms with E-state index in [9.17, 15) is 4.79 Å². The van der Waals surface area contributed by atoms with Crippen molar-refractivity contribution >= 4 is 23.1 Å². The van der Waals surface area contributed by atoms with Crippen LogP contribution in [0.3, 0.4) is 0 Å². The number of carbonyl (C=O) groups excluding carboxylic acids is 1. The molecule has 116 valence electrons. The zero-order valence-corrected chi connectivity index (χ0v) is 13.4. The Morgan fingerprint density at radius 3 is 3.00 bits per heavy atom. The first kappa shape index (κ1) is 14.0. The summed E-state index contributed by atoms with van der Waals surface area (Å²) < 4.78 is 11.8. The van der Waals surface area contributed by atoms with Crippen LogP contribution in [-0.2, 0) is 4.79 Å². The van der Waals surface area contributed by atoms with E-state index in [-0.39, 0.29) is 5.91 Å². The van der Waals surface area contributed by atoms with Crippen LogP contribution in [0.15, 0.2) is 42.2 Å². The second-order valence-electron chi connectivity index (χ2n) is 5.34. The third-order valence-electron chi connectivity index (χ3n) is 3.90. The molecule has 0 spiro atoms. The molecule has 0 N–H and O–H groups in total. The number of ether oxygens (including phenoxy) is 1. The van der Waals surface area contributed by atoms with E-state index in [1.165, 1.54) is 11.5 Å². The van der Waals surface area contributed by atoms with Crippen molar-refractivity contribution in [2.45, 2.75) is 13.0 Å². The van der Waals surface area contributed by atoms with E-state index in [4.69, 9.17) is 4.74 Å². The van der Waals surface area contributed by atoms with Gasteiger partial charge in [-0.1, -0.05) is 0 Å². The lowest BCUT2D eigenvalue weighted by Crippen LogP contribution is -2.42. The second kappa shape index (κ2) is 5.20. The topological polar surface area (TPSA) is 60.2 Å². The number of hydrogen-bond donors (Lipinski definition) is 0. The molecular weight excluding hydrogens is 312 g/mol. The Morgan fingerprint density at radius 1 is 1.35 bits per heavy atom. The molecule has 3 heterocycles. The highest BCUT2D eigenvalue weighted by molar-refractivity contribution is 7.03. The molecule has 0 bridgehead atoms. The van der Waals surface area contributed by atoms with Gasteiger partial charge >= 0.3 is 0 Å². The largest absolute Gasteiger partial charge is 0.479 e. The van der Waals surface area contributed by atoms with Crippen molar-refractivity contribution in [2.24, 2.45) is 0 Å². The Balaban J connectivity index is 1.81. The van der Waals surface area contributed by atoms with E-state index >= 15 is 0 Å². The number of benzene rings is 1. The van der Waals surface area contributed by atoms with E-state index in [0.29, 0.717) is 5.75 Å². The maximum absolute atomic E-state index is 12.1. The first-order valence-electron chi connectivity index (χ1n) is 7.17. The van der Waals surface area contributed by atoms with Gasteiger partial charge in [-0.05, 0) is 36.7 Å². The molecule has 1 aliphatic rings. The van der Waals surface area contributed by atoms with Gasteiger partial charge in [0.15, 0.2) is 6.10 Å². The molecule has 0 radical (unpaired) electrons. The molecule has 1 atom stereocenters. The first-order valence-corrected chi connectivity index (χ1v) is 8.00. The molecule has 1 unspecified atom stereocenters. The van der Waals surface area contributed by atoms with Gasteiger partial charge in [-0.2, -0.15) is 0 Å². The van der Waals surface area contributed by atoms with E-state index in [1.54, 1.807) is 31.3 Å². The molecule has 0 aliphatic carbocycles. The number of imidazole rings is 1. The maximum atomic E-state index is 12.1. The average molecular weight is 326 g/mol. The molecule has 7 heteroatoms. The first-order chi connectivity index (χ1) is 11.1. The Kier molecular flexibility index (Phi) is 3.16. The standard InChI is InChI=1S/C16H14N4O2S/c1-10-16(21)19(2)13-7-12(3-4-14(13)22-10)20-6-5-17-15(20)11-8-18-23-9-11/h3-10H,1-2H3. The normalized spacial score (nSPS) is 17.0. The van der Waals surface area contributed by atoms with Gasteiger partial charge < -0.3 is 9.64 Å². The van der Waals surface area contributed by atoms with Crippen LogP contribution in [0.2, 0.25) is 0 Å². The summed E-state index contributed by atoms with van der Waals surface area (Å²) in [6.07, 6.45) is 4.98. The summed E-state index contributed by atoms with van der Waals surface area (Å²) in [5, 5.41) is 1.96. The number of amides is 1. The number of carbonyl (C=O) groups is 1. The fraction of sp³-hybridized carbons (Fsp3) is 0.188. The maximum Gasteiger partial charge on any atom is 0.267 e. The number of rotatable bonds is 2. The van der Waals surface area contributed by atoms with Crippen LogP contribution in [0.4, 0.5) is 5.69 Å². The lowest BCUT2D eigenvalue weighted by Gasteiger charge is -2.30. The van der Waals surface area contributed by atoms with Crippen molar-refractivity contribution in [1.82, 2.24) is 13.9 Å². The van der Waals surface area contributed by atoms with Crippen LogP contribution < -0.4 is 9.64 Å². The highest BCUT2D eigenvalue weighted by atomic mass is 32.1. The SMILES string of the molecule is CC1Oc2ccc(-n3ccnc3-c3cnsc3)cc2N(C)C1=O. The summed E-state index contributed by atoms with van der Waals surface area (Å²) in [5.74, 6) is 1.47. The van der Waals surface area contributed by atoms with Crippen molar-refractivity contribution in [3.05, 3.63) is 42.2 Å². The molecule has 2 aromatic heterocycles. The average Bonchev–Trinajstić information content (AvgIpc) is 3.23. The summed E-state index contributed by atoms with van der Waals surface area (Å²) in [6, 6.07) is 5.78. The number of nitrogens with zero attached hydrogens (tertiary/aromatic N) is 4. The summed E-state index contributed by atoms with van der Waals surface area (Å²) >= 11 is 1.39. The van der Waals surface area contributed by atoms with Gasteiger partial charge in [0.2, 0.25) is 0 Å². The quantitative estimate of drug-likeness (QED) is 0.726. The number of fused-ring (bicyclic) bond motifs is 1. The minimum atomic E-state index is -0.459. The minimum Gasteiger partial charge on any atom is -0.479 e. The van der Waals surface area contributed by atoms with Gasteiger partial charge in [-0.25, -0.2) is 9.36 Å². The Labute approximate surface area is 137 Å². The van der Waals surface area contributed by atoms with Gasteiger partial charge in [0.05, 0.1) is 11.9 Å². The monoisotopic (exact) mass is 326 g/mol. The van der Waals surface area contributed by atoms with Crippen molar-refractivity contribution in [1.29, 1.82) is 0 Å². The van der Waals surface area contributed by atoms with Crippen LogP contribution >= 0.6 is 11.5 Å². The van der Waals surface area contributed by atoms with Crippen molar-refractivity contribution in [2.75, 3.05) is 11.9 Å². The second-order valence-corrected chi connectivity index (χ2v) is 6.00. The highest BCUT2D eigenvalue weighted by Crippen LogP contribution is 2.35. The fourth-order valence-electron chi connectivity index (χ4n) is 2.69.